The molecular formula is C24H16BrNO8. The lowest BCUT2D eigenvalue weighted by Gasteiger charge is -2.14. The Morgan fingerprint density at radius 2 is 1.71 bits per heavy atom. The van der Waals surface area contributed by atoms with Crippen LogP contribution in [0.3, 0.4) is 0 Å². The summed E-state index contributed by atoms with van der Waals surface area (Å²) in [7, 11) is 2.94. The van der Waals surface area contributed by atoms with Gasteiger partial charge in [-0.05, 0) is 52.3 Å². The van der Waals surface area contributed by atoms with Crippen LogP contribution < -0.4 is 19.6 Å². The lowest BCUT2D eigenvalue weighted by atomic mass is 10.1. The smallest absolute Gasteiger partial charge is 0.343 e. The largest absolute Gasteiger partial charge is 0.493 e. The van der Waals surface area contributed by atoms with Gasteiger partial charge in [-0.3, -0.25) is 14.9 Å². The number of rotatable bonds is 6. The molecule has 4 rings (SSSR count). The molecule has 1 heterocycles. The minimum Gasteiger partial charge on any atom is -0.493 e. The Hall–Kier alpha value is -4.18. The summed E-state index contributed by atoms with van der Waals surface area (Å²) in [6, 6.07) is 14.6. The summed E-state index contributed by atoms with van der Waals surface area (Å²) in [5.41, 5.74) is -0.0318. The number of fused-ring (bicyclic) bond motifs is 1. The zero-order chi connectivity index (χ0) is 24.4. The van der Waals surface area contributed by atoms with Crippen molar-refractivity contribution in [2.45, 2.75) is 0 Å². The number of nitro groups is 1. The highest BCUT2D eigenvalue weighted by Gasteiger charge is 2.23. The third-order valence-electron chi connectivity index (χ3n) is 4.96. The molecule has 4 aromatic rings. The van der Waals surface area contributed by atoms with Gasteiger partial charge in [-0.25, -0.2) is 4.79 Å². The number of non-ortho nitro benzene ring substituents is 1. The molecule has 0 bridgehead atoms. The van der Waals surface area contributed by atoms with E-state index in [4.69, 9.17) is 18.6 Å². The van der Waals surface area contributed by atoms with Crippen molar-refractivity contribution in [3.8, 4) is 28.6 Å². The van der Waals surface area contributed by atoms with E-state index in [2.05, 4.69) is 15.9 Å². The molecule has 0 atom stereocenters. The lowest BCUT2D eigenvalue weighted by Crippen LogP contribution is -2.16. The van der Waals surface area contributed by atoms with Gasteiger partial charge < -0.3 is 18.6 Å². The standard InChI is InChI=1S/C24H16BrNO8/c1-31-19-12-14(11-17(25)22(19)32-2)21-23(20(27)16-5-3-4-6-18(16)33-21)34-24(28)13-7-9-15(10-8-13)26(29)30/h3-12H,1-2H3. The van der Waals surface area contributed by atoms with Gasteiger partial charge in [0.15, 0.2) is 17.3 Å². The average molecular weight is 526 g/mol. The van der Waals surface area contributed by atoms with Gasteiger partial charge in [-0.1, -0.05) is 12.1 Å². The molecule has 0 aliphatic carbocycles. The fourth-order valence-electron chi connectivity index (χ4n) is 3.33. The summed E-state index contributed by atoms with van der Waals surface area (Å²) in [5, 5.41) is 11.1. The van der Waals surface area contributed by atoms with Gasteiger partial charge in [-0.15, -0.1) is 0 Å². The highest BCUT2D eigenvalue weighted by atomic mass is 79.9. The quantitative estimate of drug-likeness (QED) is 0.187. The number of nitrogens with zero attached hydrogens (tertiary/aromatic N) is 1. The Kier molecular flexibility index (Phi) is 6.33. The number of carbonyl (C=O) groups is 1. The van der Waals surface area contributed by atoms with Crippen molar-refractivity contribution in [2.75, 3.05) is 14.2 Å². The number of carbonyl (C=O) groups excluding carboxylic acids is 1. The maximum atomic E-state index is 13.3. The molecule has 0 spiro atoms. The van der Waals surface area contributed by atoms with Crippen LogP contribution in [0, 0.1) is 10.1 Å². The summed E-state index contributed by atoms with van der Waals surface area (Å²) in [6.07, 6.45) is 0. The predicted octanol–water partition coefficient (Wildman–Crippen LogP) is 5.37. The van der Waals surface area contributed by atoms with Crippen LogP contribution in [0.4, 0.5) is 5.69 Å². The Bertz CT molecular complexity index is 1480. The summed E-state index contributed by atoms with van der Waals surface area (Å²) in [6.45, 7) is 0. The molecule has 0 fully saturated rings. The van der Waals surface area contributed by atoms with Crippen LogP contribution in [0.1, 0.15) is 10.4 Å². The molecule has 0 unspecified atom stereocenters. The summed E-state index contributed by atoms with van der Waals surface area (Å²) in [4.78, 5) is 36.4. The monoisotopic (exact) mass is 525 g/mol. The third-order valence-corrected chi connectivity index (χ3v) is 5.55. The molecule has 0 radical (unpaired) electrons. The molecular weight excluding hydrogens is 510 g/mol. The highest BCUT2D eigenvalue weighted by Crippen LogP contribution is 2.41. The topological polar surface area (TPSA) is 118 Å². The van der Waals surface area contributed by atoms with Crippen LogP contribution in [0.5, 0.6) is 17.2 Å². The van der Waals surface area contributed by atoms with E-state index >= 15 is 0 Å². The maximum Gasteiger partial charge on any atom is 0.343 e. The number of ether oxygens (including phenoxy) is 3. The van der Waals surface area contributed by atoms with Crippen molar-refractivity contribution < 1.29 is 28.3 Å². The van der Waals surface area contributed by atoms with E-state index < -0.39 is 16.3 Å². The molecule has 1 aromatic heterocycles. The molecule has 172 valence electrons. The van der Waals surface area contributed by atoms with Crippen LogP contribution >= 0.6 is 15.9 Å². The van der Waals surface area contributed by atoms with E-state index in [1.165, 1.54) is 38.5 Å². The minimum absolute atomic E-state index is 0.000569. The van der Waals surface area contributed by atoms with E-state index in [-0.39, 0.29) is 28.1 Å². The number of benzene rings is 3. The third kappa shape index (κ3) is 4.23. The SMILES string of the molecule is COc1cc(-c2oc3ccccc3c(=O)c2OC(=O)c2ccc([N+](=O)[O-])cc2)cc(Br)c1OC. The normalized spacial score (nSPS) is 10.7. The zero-order valence-corrected chi connectivity index (χ0v) is 19.5. The van der Waals surface area contributed by atoms with Crippen LogP contribution in [-0.4, -0.2) is 25.1 Å². The molecule has 34 heavy (non-hydrogen) atoms. The van der Waals surface area contributed by atoms with Gasteiger partial charge in [0.1, 0.15) is 5.58 Å². The predicted molar refractivity (Wildman–Crippen MR) is 127 cm³/mol. The van der Waals surface area contributed by atoms with Gasteiger partial charge in [0.05, 0.1) is 34.6 Å². The number of hydrogen-bond donors (Lipinski definition) is 0. The molecule has 10 heteroatoms. The second-order valence-corrected chi connectivity index (χ2v) is 7.83. The van der Waals surface area contributed by atoms with Gasteiger partial charge in [0, 0.05) is 17.7 Å². The van der Waals surface area contributed by atoms with Gasteiger partial charge in [-0.2, -0.15) is 0 Å². The van der Waals surface area contributed by atoms with Crippen molar-refractivity contribution >= 4 is 38.6 Å². The number of methoxy groups -OCH3 is 2. The number of hydrogen-bond acceptors (Lipinski definition) is 8. The Balaban J connectivity index is 1.88. The van der Waals surface area contributed by atoms with E-state index in [1.54, 1.807) is 36.4 Å². The minimum atomic E-state index is -0.877. The number of nitro benzene ring substituents is 1. The Morgan fingerprint density at radius 3 is 2.35 bits per heavy atom. The number of esters is 1. The first-order valence-corrected chi connectivity index (χ1v) is 10.6. The summed E-state index contributed by atoms with van der Waals surface area (Å²) < 4.78 is 22.7. The molecule has 0 aliphatic rings. The zero-order valence-electron chi connectivity index (χ0n) is 17.9. The Labute approximate surface area is 200 Å². The fourth-order valence-corrected chi connectivity index (χ4v) is 3.93. The molecule has 3 aromatic carbocycles. The average Bonchev–Trinajstić information content (AvgIpc) is 2.85. The fraction of sp³-hybridized carbons (Fsp3) is 0.0833. The summed E-state index contributed by atoms with van der Waals surface area (Å²) >= 11 is 3.41. The van der Waals surface area contributed by atoms with Crippen molar-refractivity contribution in [3.05, 3.63) is 91.0 Å². The molecule has 0 aliphatic heterocycles. The lowest BCUT2D eigenvalue weighted by molar-refractivity contribution is -0.384. The first-order valence-electron chi connectivity index (χ1n) is 9.78. The van der Waals surface area contributed by atoms with Crippen LogP contribution in [-0.2, 0) is 0 Å². The Morgan fingerprint density at radius 1 is 1.00 bits per heavy atom. The van der Waals surface area contributed by atoms with E-state index in [1.807, 2.05) is 0 Å². The molecule has 0 saturated carbocycles. The summed E-state index contributed by atoms with van der Waals surface area (Å²) in [5.74, 6) is -0.422. The highest BCUT2D eigenvalue weighted by molar-refractivity contribution is 9.10. The van der Waals surface area contributed by atoms with Crippen LogP contribution in [0.2, 0.25) is 0 Å². The van der Waals surface area contributed by atoms with Gasteiger partial charge >= 0.3 is 5.97 Å². The van der Waals surface area contributed by atoms with Crippen LogP contribution in [0.15, 0.2) is 74.3 Å². The van der Waals surface area contributed by atoms with Crippen molar-refractivity contribution in [1.82, 2.24) is 0 Å². The molecule has 0 N–H and O–H groups in total. The first kappa shape index (κ1) is 23.0. The van der Waals surface area contributed by atoms with Gasteiger partial charge in [0.2, 0.25) is 11.2 Å². The van der Waals surface area contributed by atoms with Crippen molar-refractivity contribution in [1.29, 1.82) is 0 Å². The van der Waals surface area contributed by atoms with E-state index in [0.29, 0.717) is 27.1 Å². The maximum absolute atomic E-state index is 13.3. The van der Waals surface area contributed by atoms with Crippen LogP contribution in [0.25, 0.3) is 22.3 Å². The number of halogens is 1. The van der Waals surface area contributed by atoms with E-state index in [0.717, 1.165) is 0 Å². The number of para-hydroxylation sites is 1. The van der Waals surface area contributed by atoms with Crippen molar-refractivity contribution in [3.63, 3.8) is 0 Å². The van der Waals surface area contributed by atoms with Crippen molar-refractivity contribution in [2.24, 2.45) is 0 Å². The second-order valence-electron chi connectivity index (χ2n) is 6.97. The van der Waals surface area contributed by atoms with E-state index in [9.17, 15) is 19.7 Å². The second kappa shape index (κ2) is 9.36. The molecule has 0 amide bonds. The first-order chi connectivity index (χ1) is 16.3. The molecule has 0 saturated heterocycles. The van der Waals surface area contributed by atoms with Gasteiger partial charge in [0.25, 0.3) is 5.69 Å². The molecule has 9 nitrogen and oxygen atoms in total.